The van der Waals surface area contributed by atoms with Crippen LogP contribution < -0.4 is 4.74 Å². The molecule has 5 heteroatoms. The molecule has 17 heavy (non-hydrogen) atoms. The van der Waals surface area contributed by atoms with Crippen LogP contribution in [0.4, 0.5) is 0 Å². The smallest absolute Gasteiger partial charge is 0.319 e. The standard InChI is InChI=1S/C12H15BrO3S/c1-12(2,11(14)15)17-7-8-6-9(16-3)4-5-10(8)13/h4-6H,7H2,1-3H3,(H,14,15). The van der Waals surface area contributed by atoms with Crippen molar-refractivity contribution in [3.63, 3.8) is 0 Å². The number of halogens is 1. The lowest BCUT2D eigenvalue weighted by Crippen LogP contribution is -2.27. The Labute approximate surface area is 114 Å². The number of thioether (sulfide) groups is 1. The number of ether oxygens (including phenoxy) is 1. The van der Waals surface area contributed by atoms with Crippen LogP contribution in [-0.2, 0) is 10.5 Å². The van der Waals surface area contributed by atoms with Crippen molar-refractivity contribution in [3.05, 3.63) is 28.2 Å². The molecule has 1 aromatic rings. The molecule has 0 aliphatic heterocycles. The van der Waals surface area contributed by atoms with Crippen molar-refractivity contribution in [2.24, 2.45) is 0 Å². The van der Waals surface area contributed by atoms with Gasteiger partial charge in [-0.1, -0.05) is 15.9 Å². The van der Waals surface area contributed by atoms with Crippen molar-refractivity contribution in [1.29, 1.82) is 0 Å². The molecular weight excluding hydrogens is 304 g/mol. The number of benzene rings is 1. The number of methoxy groups -OCH3 is 1. The van der Waals surface area contributed by atoms with Gasteiger partial charge in [0, 0.05) is 10.2 Å². The first kappa shape index (κ1) is 14.4. The summed E-state index contributed by atoms with van der Waals surface area (Å²) >= 11 is 4.84. The second kappa shape index (κ2) is 5.78. The van der Waals surface area contributed by atoms with Gasteiger partial charge in [-0.15, -0.1) is 11.8 Å². The van der Waals surface area contributed by atoms with Crippen LogP contribution in [0, 0.1) is 0 Å². The number of aliphatic carboxylic acids is 1. The number of carbonyl (C=O) groups is 1. The molecule has 0 aromatic heterocycles. The summed E-state index contributed by atoms with van der Waals surface area (Å²) in [4.78, 5) is 11.0. The Morgan fingerprint density at radius 2 is 2.18 bits per heavy atom. The van der Waals surface area contributed by atoms with E-state index in [0.29, 0.717) is 5.75 Å². The third-order valence-electron chi connectivity index (χ3n) is 2.36. The van der Waals surface area contributed by atoms with Gasteiger partial charge in [0.15, 0.2) is 0 Å². The Morgan fingerprint density at radius 1 is 1.53 bits per heavy atom. The molecule has 0 heterocycles. The van der Waals surface area contributed by atoms with Crippen LogP contribution in [0.15, 0.2) is 22.7 Å². The molecule has 0 saturated carbocycles. The van der Waals surface area contributed by atoms with E-state index >= 15 is 0 Å². The molecule has 0 amide bonds. The van der Waals surface area contributed by atoms with Crippen LogP contribution in [0.25, 0.3) is 0 Å². The van der Waals surface area contributed by atoms with Crippen molar-refractivity contribution in [1.82, 2.24) is 0 Å². The van der Waals surface area contributed by atoms with Crippen molar-refractivity contribution >= 4 is 33.7 Å². The molecule has 94 valence electrons. The Kier molecular flexibility index (Phi) is 4.89. The van der Waals surface area contributed by atoms with E-state index in [1.807, 2.05) is 18.2 Å². The lowest BCUT2D eigenvalue weighted by molar-refractivity contribution is -0.138. The normalized spacial score (nSPS) is 11.3. The summed E-state index contributed by atoms with van der Waals surface area (Å²) < 4.78 is 5.32. The Morgan fingerprint density at radius 3 is 2.71 bits per heavy atom. The third kappa shape index (κ3) is 3.92. The zero-order chi connectivity index (χ0) is 13.1. The van der Waals surface area contributed by atoms with Gasteiger partial charge in [0.2, 0.25) is 0 Å². The fraction of sp³-hybridized carbons (Fsp3) is 0.417. The molecule has 0 radical (unpaired) electrons. The van der Waals surface area contributed by atoms with Crippen LogP contribution in [0.2, 0.25) is 0 Å². The summed E-state index contributed by atoms with van der Waals surface area (Å²) in [6.45, 7) is 3.40. The maximum Gasteiger partial charge on any atom is 0.319 e. The summed E-state index contributed by atoms with van der Waals surface area (Å²) in [7, 11) is 1.61. The van der Waals surface area contributed by atoms with Gasteiger partial charge in [0.1, 0.15) is 10.5 Å². The molecule has 0 unspecified atom stereocenters. The summed E-state index contributed by atoms with van der Waals surface area (Å²) in [6, 6.07) is 5.68. The lowest BCUT2D eigenvalue weighted by atomic mass is 10.2. The minimum absolute atomic E-state index is 0.622. The zero-order valence-electron chi connectivity index (χ0n) is 9.99. The average Bonchev–Trinajstić information content (AvgIpc) is 2.28. The molecule has 0 spiro atoms. The highest BCUT2D eigenvalue weighted by atomic mass is 79.9. The molecular formula is C12H15BrO3S. The molecule has 0 saturated heterocycles. The van der Waals surface area contributed by atoms with E-state index in [1.54, 1.807) is 21.0 Å². The number of rotatable bonds is 5. The summed E-state index contributed by atoms with van der Waals surface area (Å²) in [6.07, 6.45) is 0. The highest BCUT2D eigenvalue weighted by Crippen LogP contribution is 2.32. The monoisotopic (exact) mass is 318 g/mol. The SMILES string of the molecule is COc1ccc(Br)c(CSC(C)(C)C(=O)O)c1. The molecule has 1 N–H and O–H groups in total. The fourth-order valence-electron chi connectivity index (χ4n) is 1.11. The second-order valence-electron chi connectivity index (χ2n) is 4.06. The molecule has 0 aliphatic rings. The Hall–Kier alpha value is -0.680. The number of carboxylic acid groups (broad SMARTS) is 1. The number of hydrogen-bond acceptors (Lipinski definition) is 3. The van der Waals surface area contributed by atoms with Crippen molar-refractivity contribution < 1.29 is 14.6 Å². The van der Waals surface area contributed by atoms with Crippen LogP contribution >= 0.6 is 27.7 Å². The van der Waals surface area contributed by atoms with Crippen LogP contribution in [0.5, 0.6) is 5.75 Å². The summed E-state index contributed by atoms with van der Waals surface area (Å²) in [5.74, 6) is 0.593. The number of carboxylic acids is 1. The zero-order valence-corrected chi connectivity index (χ0v) is 12.4. The second-order valence-corrected chi connectivity index (χ2v) is 6.51. The van der Waals surface area contributed by atoms with E-state index in [9.17, 15) is 4.79 Å². The third-order valence-corrected chi connectivity index (χ3v) is 4.48. The molecule has 0 atom stereocenters. The van der Waals surface area contributed by atoms with Gasteiger partial charge >= 0.3 is 5.97 Å². The first-order chi connectivity index (χ1) is 7.86. The van der Waals surface area contributed by atoms with Gasteiger partial charge in [-0.05, 0) is 37.6 Å². The Bertz CT molecular complexity index is 418. The van der Waals surface area contributed by atoms with Gasteiger partial charge in [-0.3, -0.25) is 4.79 Å². The maximum atomic E-state index is 11.0. The highest BCUT2D eigenvalue weighted by Gasteiger charge is 2.27. The average molecular weight is 319 g/mol. The van der Waals surface area contributed by atoms with Gasteiger partial charge in [0.25, 0.3) is 0 Å². The molecule has 0 aliphatic carbocycles. The minimum atomic E-state index is -0.804. The minimum Gasteiger partial charge on any atom is -0.497 e. The first-order valence-electron chi connectivity index (χ1n) is 5.06. The largest absolute Gasteiger partial charge is 0.497 e. The first-order valence-corrected chi connectivity index (χ1v) is 6.84. The van der Waals surface area contributed by atoms with Crippen LogP contribution in [0.1, 0.15) is 19.4 Å². The maximum absolute atomic E-state index is 11.0. The molecule has 0 fully saturated rings. The van der Waals surface area contributed by atoms with E-state index < -0.39 is 10.7 Å². The predicted octanol–water partition coefficient (Wildman–Crippen LogP) is 3.55. The van der Waals surface area contributed by atoms with E-state index in [1.165, 1.54) is 11.8 Å². The lowest BCUT2D eigenvalue weighted by Gasteiger charge is -2.18. The molecule has 0 bridgehead atoms. The highest BCUT2D eigenvalue weighted by molar-refractivity contribution is 9.10. The van der Waals surface area contributed by atoms with Crippen molar-refractivity contribution in [2.45, 2.75) is 24.3 Å². The predicted molar refractivity (Wildman–Crippen MR) is 73.7 cm³/mol. The van der Waals surface area contributed by atoms with E-state index in [0.717, 1.165) is 15.8 Å². The van der Waals surface area contributed by atoms with Gasteiger partial charge < -0.3 is 9.84 Å². The topological polar surface area (TPSA) is 46.5 Å². The van der Waals surface area contributed by atoms with E-state index in [4.69, 9.17) is 9.84 Å². The van der Waals surface area contributed by atoms with E-state index in [2.05, 4.69) is 15.9 Å². The summed E-state index contributed by atoms with van der Waals surface area (Å²) in [5.41, 5.74) is 1.03. The van der Waals surface area contributed by atoms with Gasteiger partial charge in [0.05, 0.1) is 7.11 Å². The van der Waals surface area contributed by atoms with Gasteiger partial charge in [-0.25, -0.2) is 0 Å². The van der Waals surface area contributed by atoms with Crippen molar-refractivity contribution in [2.75, 3.05) is 7.11 Å². The number of hydrogen-bond donors (Lipinski definition) is 1. The summed E-state index contributed by atoms with van der Waals surface area (Å²) in [5, 5.41) is 9.03. The van der Waals surface area contributed by atoms with Crippen molar-refractivity contribution in [3.8, 4) is 5.75 Å². The quantitative estimate of drug-likeness (QED) is 0.901. The fourth-order valence-corrected chi connectivity index (χ4v) is 2.56. The van der Waals surface area contributed by atoms with Crippen LogP contribution in [-0.4, -0.2) is 22.9 Å². The van der Waals surface area contributed by atoms with E-state index in [-0.39, 0.29) is 0 Å². The molecule has 1 rings (SSSR count). The Balaban J connectivity index is 2.78. The van der Waals surface area contributed by atoms with Gasteiger partial charge in [-0.2, -0.15) is 0 Å². The van der Waals surface area contributed by atoms with Crippen LogP contribution in [0.3, 0.4) is 0 Å². The molecule has 1 aromatic carbocycles. The molecule has 3 nitrogen and oxygen atoms in total.